The molecule has 4 heterocycles. The first-order valence-corrected chi connectivity index (χ1v) is 13.1. The fourth-order valence-corrected chi connectivity index (χ4v) is 4.86. The highest BCUT2D eigenvalue weighted by molar-refractivity contribution is 6.05. The van der Waals surface area contributed by atoms with Gasteiger partial charge in [0.1, 0.15) is 11.4 Å². The zero-order valence-electron chi connectivity index (χ0n) is 22.8. The largest absolute Gasteiger partial charge is 0.497 e. The van der Waals surface area contributed by atoms with E-state index in [1.807, 2.05) is 67.8 Å². The third-order valence-electron chi connectivity index (χ3n) is 6.85. The molecule has 2 aromatic heterocycles. The van der Waals surface area contributed by atoms with E-state index in [-0.39, 0.29) is 31.5 Å². The number of urea groups is 1. The maximum atomic E-state index is 13.5. The van der Waals surface area contributed by atoms with Gasteiger partial charge in [0, 0.05) is 45.3 Å². The summed E-state index contributed by atoms with van der Waals surface area (Å²) >= 11 is 0. The number of rotatable bonds is 5. The molecule has 0 radical (unpaired) electrons. The first kappa shape index (κ1) is 26.3. The number of imidazole rings is 1. The minimum Gasteiger partial charge on any atom is -0.497 e. The molecule has 0 aliphatic carbocycles. The van der Waals surface area contributed by atoms with Crippen LogP contribution in [0.4, 0.5) is 21.2 Å². The van der Waals surface area contributed by atoms with Crippen LogP contribution in [0.5, 0.6) is 5.75 Å². The Morgan fingerprint density at radius 1 is 1.00 bits per heavy atom. The zero-order chi connectivity index (χ0) is 27.7. The Morgan fingerprint density at radius 2 is 1.72 bits per heavy atom. The Balaban J connectivity index is 1.32. The van der Waals surface area contributed by atoms with E-state index < -0.39 is 11.6 Å². The Bertz CT molecular complexity index is 1370. The van der Waals surface area contributed by atoms with Gasteiger partial charge in [0.25, 0.3) is 0 Å². The van der Waals surface area contributed by atoms with Crippen LogP contribution >= 0.6 is 0 Å². The van der Waals surface area contributed by atoms with E-state index in [4.69, 9.17) is 9.47 Å². The number of anilines is 2. The number of methoxy groups -OCH3 is 1. The van der Waals surface area contributed by atoms with Crippen molar-refractivity contribution in [2.45, 2.75) is 39.3 Å². The number of carbonyl (C=O) groups is 3. The van der Waals surface area contributed by atoms with Gasteiger partial charge >= 0.3 is 12.1 Å². The predicted octanol–water partition coefficient (Wildman–Crippen LogP) is 3.76. The number of amides is 4. The first-order chi connectivity index (χ1) is 18.6. The van der Waals surface area contributed by atoms with Crippen LogP contribution in [-0.2, 0) is 16.1 Å². The fourth-order valence-electron chi connectivity index (χ4n) is 4.86. The quantitative estimate of drug-likeness (QED) is 0.491. The summed E-state index contributed by atoms with van der Waals surface area (Å²) in [6.07, 6.45) is 3.53. The number of pyridine rings is 1. The van der Waals surface area contributed by atoms with Crippen LogP contribution < -0.4 is 14.5 Å². The third kappa shape index (κ3) is 5.47. The Morgan fingerprint density at radius 3 is 2.38 bits per heavy atom. The molecule has 0 saturated carbocycles. The molecule has 206 valence electrons. The van der Waals surface area contributed by atoms with Gasteiger partial charge < -0.3 is 19.3 Å². The third-order valence-corrected chi connectivity index (χ3v) is 6.85. The molecule has 2 aliphatic rings. The minimum atomic E-state index is -0.533. The van der Waals surface area contributed by atoms with Crippen molar-refractivity contribution in [3.05, 3.63) is 54.4 Å². The highest BCUT2D eigenvalue weighted by Crippen LogP contribution is 2.29. The van der Waals surface area contributed by atoms with Crippen LogP contribution in [-0.4, -0.2) is 82.7 Å². The van der Waals surface area contributed by atoms with Gasteiger partial charge in [-0.25, -0.2) is 14.6 Å². The van der Waals surface area contributed by atoms with Crippen LogP contribution in [0.15, 0.2) is 48.8 Å². The molecule has 39 heavy (non-hydrogen) atoms. The fraction of sp³-hybridized carbons (Fsp3) is 0.429. The van der Waals surface area contributed by atoms with Crippen molar-refractivity contribution >= 4 is 35.2 Å². The number of ether oxygens (including phenoxy) is 2. The Kier molecular flexibility index (Phi) is 7.07. The number of hydrogen-bond donors (Lipinski definition) is 0. The summed E-state index contributed by atoms with van der Waals surface area (Å²) in [6.45, 7) is 8.40. The van der Waals surface area contributed by atoms with Gasteiger partial charge in [0.05, 0.1) is 31.1 Å². The van der Waals surface area contributed by atoms with Crippen LogP contribution in [0, 0.1) is 0 Å². The average molecular weight is 535 g/mol. The van der Waals surface area contributed by atoms with E-state index in [2.05, 4.69) is 9.88 Å². The predicted molar refractivity (Wildman–Crippen MR) is 146 cm³/mol. The number of fused-ring (bicyclic) bond motifs is 1. The van der Waals surface area contributed by atoms with E-state index >= 15 is 0 Å². The lowest BCUT2D eigenvalue weighted by Crippen LogP contribution is -2.52. The summed E-state index contributed by atoms with van der Waals surface area (Å²) in [5.41, 5.74) is 2.12. The molecular weight excluding hydrogens is 500 g/mol. The summed E-state index contributed by atoms with van der Waals surface area (Å²) in [4.78, 5) is 50.0. The van der Waals surface area contributed by atoms with Crippen molar-refractivity contribution < 1.29 is 23.9 Å². The van der Waals surface area contributed by atoms with E-state index in [0.717, 1.165) is 16.8 Å². The molecule has 11 nitrogen and oxygen atoms in total. The van der Waals surface area contributed by atoms with Crippen LogP contribution in [0.25, 0.3) is 5.52 Å². The maximum Gasteiger partial charge on any atom is 0.410 e. The molecular formula is C28H34N6O5. The minimum absolute atomic E-state index is 0.175. The molecule has 2 aliphatic heterocycles. The number of hydrogen-bond acceptors (Lipinski definition) is 7. The summed E-state index contributed by atoms with van der Waals surface area (Å²) in [6, 6.07) is 10.8. The molecule has 1 aromatic carbocycles. The molecule has 5 rings (SSSR count). The Hall–Kier alpha value is -4.28. The second-order valence-electron chi connectivity index (χ2n) is 10.7. The molecule has 0 unspecified atom stereocenters. The monoisotopic (exact) mass is 534 g/mol. The van der Waals surface area contributed by atoms with E-state index in [1.165, 1.54) is 4.90 Å². The Labute approximate surface area is 227 Å². The van der Waals surface area contributed by atoms with Gasteiger partial charge in [0.2, 0.25) is 11.9 Å². The van der Waals surface area contributed by atoms with Crippen molar-refractivity contribution in [2.24, 2.45) is 0 Å². The van der Waals surface area contributed by atoms with E-state index in [0.29, 0.717) is 37.9 Å². The molecule has 0 spiro atoms. The average Bonchev–Trinajstić information content (AvgIpc) is 3.35. The summed E-state index contributed by atoms with van der Waals surface area (Å²) < 4.78 is 12.6. The molecule has 0 N–H and O–H groups in total. The standard InChI is InChI=1S/C28H34N6O5/c1-28(2,3)39-27(37)31-16-14-30(15-17-31)22-6-5-12-32-23(22)18-29-25(32)33-13-11-24(35)34(26(33)36)19-20-7-9-21(38-4)10-8-20/h5-10,12,18H,11,13-17,19H2,1-4H3. The van der Waals surface area contributed by atoms with E-state index in [9.17, 15) is 14.4 Å². The van der Waals surface area contributed by atoms with Crippen molar-refractivity contribution in [1.29, 1.82) is 0 Å². The van der Waals surface area contributed by atoms with Gasteiger partial charge in [-0.2, -0.15) is 0 Å². The highest BCUT2D eigenvalue weighted by atomic mass is 16.6. The molecule has 4 amide bonds. The highest BCUT2D eigenvalue weighted by Gasteiger charge is 2.35. The number of aromatic nitrogens is 2. The number of benzene rings is 1. The lowest BCUT2D eigenvalue weighted by atomic mass is 10.2. The van der Waals surface area contributed by atoms with Gasteiger partial charge in [-0.05, 0) is 50.6 Å². The van der Waals surface area contributed by atoms with Gasteiger partial charge in [-0.3, -0.25) is 19.0 Å². The van der Waals surface area contributed by atoms with Crippen LogP contribution in [0.1, 0.15) is 32.8 Å². The molecule has 0 atom stereocenters. The molecule has 2 fully saturated rings. The zero-order valence-corrected chi connectivity index (χ0v) is 22.8. The number of imide groups is 1. The van der Waals surface area contributed by atoms with Crippen molar-refractivity contribution in [2.75, 3.05) is 49.6 Å². The number of nitrogens with zero attached hydrogens (tertiary/aromatic N) is 6. The van der Waals surface area contributed by atoms with Gasteiger partial charge in [-0.15, -0.1) is 0 Å². The molecule has 0 bridgehead atoms. The number of piperazine rings is 1. The normalized spacial score (nSPS) is 16.7. The van der Waals surface area contributed by atoms with E-state index in [1.54, 1.807) is 23.1 Å². The van der Waals surface area contributed by atoms with Gasteiger partial charge in [-0.1, -0.05) is 12.1 Å². The lowest BCUT2D eigenvalue weighted by molar-refractivity contribution is -0.129. The van der Waals surface area contributed by atoms with Crippen molar-refractivity contribution in [3.8, 4) is 5.75 Å². The molecule has 2 saturated heterocycles. The maximum absolute atomic E-state index is 13.5. The topological polar surface area (TPSA) is 99.9 Å². The smallest absolute Gasteiger partial charge is 0.410 e. The molecule has 11 heteroatoms. The molecule has 3 aromatic rings. The van der Waals surface area contributed by atoms with Crippen molar-refractivity contribution in [3.63, 3.8) is 0 Å². The van der Waals surface area contributed by atoms with Gasteiger partial charge in [0.15, 0.2) is 0 Å². The second-order valence-corrected chi connectivity index (χ2v) is 10.7. The summed E-state index contributed by atoms with van der Waals surface area (Å²) in [5.74, 6) is 0.968. The number of carbonyl (C=O) groups excluding carboxylic acids is 3. The SMILES string of the molecule is COc1ccc(CN2C(=O)CCN(c3ncc4c(N5CCN(C(=O)OC(C)(C)C)CC5)cccn34)C2=O)cc1. The first-order valence-electron chi connectivity index (χ1n) is 13.1. The second kappa shape index (κ2) is 10.5. The summed E-state index contributed by atoms with van der Waals surface area (Å²) in [7, 11) is 1.59. The van der Waals surface area contributed by atoms with Crippen molar-refractivity contribution in [1.82, 2.24) is 19.2 Å². The van der Waals surface area contributed by atoms with Crippen LogP contribution in [0.2, 0.25) is 0 Å². The summed E-state index contributed by atoms with van der Waals surface area (Å²) in [5, 5.41) is 0. The van der Waals surface area contributed by atoms with Crippen LogP contribution in [0.3, 0.4) is 0 Å². The lowest BCUT2D eigenvalue weighted by Gasteiger charge is -2.37.